The quantitative estimate of drug-likeness (QED) is 0.848. The number of anilines is 3. The second-order valence-electron chi connectivity index (χ2n) is 3.64. The molecule has 0 unspecified atom stereocenters. The molecule has 2 rings (SSSR count). The fourth-order valence-corrected chi connectivity index (χ4v) is 1.88. The van der Waals surface area contributed by atoms with Gasteiger partial charge in [0.05, 0.1) is 6.54 Å². The number of nitrogens with one attached hydrogen (secondary N) is 1. The molecule has 0 aliphatic carbocycles. The molecule has 2 heterocycles. The summed E-state index contributed by atoms with van der Waals surface area (Å²) in [6.45, 7) is 0.688. The number of thiophene rings is 1. The Morgan fingerprint density at radius 3 is 2.82 bits per heavy atom. The molecule has 2 aromatic heterocycles. The van der Waals surface area contributed by atoms with Crippen molar-refractivity contribution in [3.8, 4) is 0 Å². The molecular weight excluding hydrogens is 236 g/mol. The van der Waals surface area contributed by atoms with Gasteiger partial charge in [0.15, 0.2) is 0 Å². The molecule has 0 spiro atoms. The van der Waals surface area contributed by atoms with Crippen LogP contribution >= 0.6 is 11.3 Å². The number of nitrogens with zero attached hydrogens (tertiary/aromatic N) is 4. The van der Waals surface area contributed by atoms with Crippen molar-refractivity contribution in [3.63, 3.8) is 0 Å². The van der Waals surface area contributed by atoms with Crippen molar-refractivity contribution in [2.45, 2.75) is 6.54 Å². The monoisotopic (exact) mass is 250 g/mol. The van der Waals surface area contributed by atoms with Gasteiger partial charge in [0.25, 0.3) is 0 Å². The second-order valence-corrected chi connectivity index (χ2v) is 4.68. The standard InChI is InChI=1S/C10H14N6S/c1-16(2)10-14-8(11)13-9(15-10)12-6-7-4-3-5-17-7/h3-5H,6H2,1-2H3,(H3,11,12,13,14,15). The molecule has 2 aromatic rings. The minimum absolute atomic E-state index is 0.220. The summed E-state index contributed by atoms with van der Waals surface area (Å²) in [6.07, 6.45) is 0. The Balaban J connectivity index is 2.10. The molecule has 6 nitrogen and oxygen atoms in total. The zero-order valence-electron chi connectivity index (χ0n) is 9.71. The molecule has 0 aliphatic rings. The number of aromatic nitrogens is 3. The van der Waals surface area contributed by atoms with Crippen molar-refractivity contribution in [3.05, 3.63) is 22.4 Å². The molecule has 0 fully saturated rings. The fraction of sp³-hybridized carbons (Fsp3) is 0.300. The highest BCUT2D eigenvalue weighted by atomic mass is 32.1. The van der Waals surface area contributed by atoms with Gasteiger partial charge in [0.2, 0.25) is 17.8 Å². The Morgan fingerprint density at radius 2 is 2.18 bits per heavy atom. The van der Waals surface area contributed by atoms with E-state index in [4.69, 9.17) is 5.73 Å². The minimum atomic E-state index is 0.220. The van der Waals surface area contributed by atoms with Gasteiger partial charge in [-0.25, -0.2) is 0 Å². The van der Waals surface area contributed by atoms with E-state index in [1.807, 2.05) is 25.5 Å². The fourth-order valence-electron chi connectivity index (χ4n) is 1.24. The Hall–Kier alpha value is -1.89. The van der Waals surface area contributed by atoms with Gasteiger partial charge in [0.1, 0.15) is 0 Å². The van der Waals surface area contributed by atoms with Crippen LogP contribution in [0.4, 0.5) is 17.8 Å². The maximum atomic E-state index is 5.62. The topological polar surface area (TPSA) is 80.0 Å². The smallest absolute Gasteiger partial charge is 0.231 e. The van der Waals surface area contributed by atoms with Crippen molar-refractivity contribution in [2.24, 2.45) is 0 Å². The molecular formula is C10H14N6S. The van der Waals surface area contributed by atoms with E-state index in [1.165, 1.54) is 4.88 Å². The number of hydrogen-bond acceptors (Lipinski definition) is 7. The molecule has 17 heavy (non-hydrogen) atoms. The van der Waals surface area contributed by atoms with Crippen LogP contribution in [0.5, 0.6) is 0 Å². The van der Waals surface area contributed by atoms with E-state index in [2.05, 4.69) is 26.3 Å². The van der Waals surface area contributed by atoms with Crippen molar-refractivity contribution < 1.29 is 0 Å². The highest BCUT2D eigenvalue weighted by molar-refractivity contribution is 7.09. The Bertz CT molecular complexity index is 482. The van der Waals surface area contributed by atoms with Crippen molar-refractivity contribution in [1.82, 2.24) is 15.0 Å². The first kappa shape index (κ1) is 11.6. The molecule has 0 saturated heterocycles. The highest BCUT2D eigenvalue weighted by Gasteiger charge is 2.05. The molecule has 0 radical (unpaired) electrons. The number of hydrogen-bond donors (Lipinski definition) is 2. The summed E-state index contributed by atoms with van der Waals surface area (Å²) >= 11 is 1.68. The number of nitrogen functional groups attached to an aromatic ring is 1. The van der Waals surface area contributed by atoms with Gasteiger partial charge in [-0.2, -0.15) is 15.0 Å². The third-order valence-electron chi connectivity index (χ3n) is 2.04. The second kappa shape index (κ2) is 4.96. The third-order valence-corrected chi connectivity index (χ3v) is 2.92. The van der Waals surface area contributed by atoms with E-state index in [9.17, 15) is 0 Å². The molecule has 0 saturated carbocycles. The van der Waals surface area contributed by atoms with Gasteiger partial charge in [0, 0.05) is 19.0 Å². The van der Waals surface area contributed by atoms with Crippen LogP contribution in [0.3, 0.4) is 0 Å². The predicted molar refractivity (Wildman–Crippen MR) is 70.2 cm³/mol. The molecule has 0 aliphatic heterocycles. The Kier molecular flexibility index (Phi) is 3.38. The summed E-state index contributed by atoms with van der Waals surface area (Å²) in [4.78, 5) is 15.3. The van der Waals surface area contributed by atoms with E-state index in [0.717, 1.165) is 0 Å². The lowest BCUT2D eigenvalue weighted by molar-refractivity contribution is 0.953. The maximum Gasteiger partial charge on any atom is 0.231 e. The summed E-state index contributed by atoms with van der Waals surface area (Å²) in [6, 6.07) is 4.06. The van der Waals surface area contributed by atoms with E-state index < -0.39 is 0 Å². The van der Waals surface area contributed by atoms with E-state index in [0.29, 0.717) is 18.4 Å². The van der Waals surface area contributed by atoms with Crippen LogP contribution in [0.15, 0.2) is 17.5 Å². The van der Waals surface area contributed by atoms with Gasteiger partial charge in [-0.1, -0.05) is 6.07 Å². The lowest BCUT2D eigenvalue weighted by Crippen LogP contribution is -2.16. The zero-order chi connectivity index (χ0) is 12.3. The van der Waals surface area contributed by atoms with E-state index >= 15 is 0 Å². The van der Waals surface area contributed by atoms with E-state index in [-0.39, 0.29) is 5.95 Å². The van der Waals surface area contributed by atoms with Crippen LogP contribution in [-0.4, -0.2) is 29.0 Å². The molecule has 0 aromatic carbocycles. The molecule has 90 valence electrons. The molecule has 0 amide bonds. The third kappa shape index (κ3) is 3.04. The average Bonchev–Trinajstić information content (AvgIpc) is 2.78. The Morgan fingerprint density at radius 1 is 1.35 bits per heavy atom. The zero-order valence-corrected chi connectivity index (χ0v) is 10.5. The summed E-state index contributed by atoms with van der Waals surface area (Å²) in [7, 11) is 3.72. The Labute approximate surface area is 104 Å². The summed E-state index contributed by atoms with van der Waals surface area (Å²) in [5.74, 6) is 1.26. The normalized spacial score (nSPS) is 10.2. The van der Waals surface area contributed by atoms with Gasteiger partial charge in [-0.15, -0.1) is 11.3 Å². The predicted octanol–water partition coefficient (Wildman–Crippen LogP) is 1.19. The lowest BCUT2D eigenvalue weighted by atomic mass is 10.5. The van der Waals surface area contributed by atoms with Crippen LogP contribution in [-0.2, 0) is 6.54 Å². The van der Waals surface area contributed by atoms with Crippen molar-refractivity contribution >= 4 is 29.2 Å². The van der Waals surface area contributed by atoms with Gasteiger partial charge < -0.3 is 16.0 Å². The van der Waals surface area contributed by atoms with Crippen molar-refractivity contribution in [2.75, 3.05) is 30.0 Å². The first-order chi connectivity index (χ1) is 8.15. The number of nitrogens with two attached hydrogens (primary N) is 1. The van der Waals surface area contributed by atoms with Crippen molar-refractivity contribution in [1.29, 1.82) is 0 Å². The van der Waals surface area contributed by atoms with Crippen LogP contribution in [0.1, 0.15) is 4.88 Å². The summed E-state index contributed by atoms with van der Waals surface area (Å²) < 4.78 is 0. The number of rotatable bonds is 4. The van der Waals surface area contributed by atoms with Gasteiger partial charge >= 0.3 is 0 Å². The first-order valence-electron chi connectivity index (χ1n) is 5.10. The summed E-state index contributed by atoms with van der Waals surface area (Å²) in [5, 5.41) is 5.16. The van der Waals surface area contributed by atoms with Crippen LogP contribution in [0, 0.1) is 0 Å². The van der Waals surface area contributed by atoms with Crippen LogP contribution in [0.2, 0.25) is 0 Å². The first-order valence-corrected chi connectivity index (χ1v) is 5.98. The average molecular weight is 250 g/mol. The van der Waals surface area contributed by atoms with Crippen LogP contribution < -0.4 is 16.0 Å². The molecule has 7 heteroatoms. The lowest BCUT2D eigenvalue weighted by Gasteiger charge is -2.11. The van der Waals surface area contributed by atoms with Gasteiger partial charge in [-0.05, 0) is 11.4 Å². The maximum absolute atomic E-state index is 5.62. The SMILES string of the molecule is CN(C)c1nc(N)nc(NCc2cccs2)n1. The highest BCUT2D eigenvalue weighted by Crippen LogP contribution is 2.12. The van der Waals surface area contributed by atoms with Crippen LogP contribution in [0.25, 0.3) is 0 Å². The minimum Gasteiger partial charge on any atom is -0.368 e. The molecule has 3 N–H and O–H groups in total. The summed E-state index contributed by atoms with van der Waals surface area (Å²) in [5.41, 5.74) is 5.62. The molecule has 0 bridgehead atoms. The van der Waals surface area contributed by atoms with E-state index in [1.54, 1.807) is 16.2 Å². The largest absolute Gasteiger partial charge is 0.368 e. The molecule has 0 atom stereocenters. The van der Waals surface area contributed by atoms with Gasteiger partial charge in [-0.3, -0.25) is 0 Å².